The topological polar surface area (TPSA) is 105 Å². The standard InChI is InChI=1S/C25H29F3N6O2/c1-13(35)14-2-4-16(5-3-14)30-24-29-12-21-23(33-24)34(17-6-8-18(36)9-7-17)25(31-21)32-22-19(27)10-15(26)11-20(22)28/h10-12,14,16-18,36H,2-9H2,1H3,(H,31,32)(H,29,30,33)/t14-,16-,17-,18+. The van der Waals surface area contributed by atoms with E-state index in [1.165, 1.54) is 0 Å². The van der Waals surface area contributed by atoms with Crippen LogP contribution in [0.3, 0.4) is 0 Å². The minimum absolute atomic E-state index is 0.107. The number of ketones is 1. The molecule has 36 heavy (non-hydrogen) atoms. The Hall–Kier alpha value is -3.21. The molecule has 0 saturated heterocycles. The molecule has 8 nitrogen and oxygen atoms in total. The van der Waals surface area contributed by atoms with Crippen LogP contribution in [0.25, 0.3) is 11.2 Å². The van der Waals surface area contributed by atoms with Gasteiger partial charge in [-0.1, -0.05) is 0 Å². The number of hydrogen-bond donors (Lipinski definition) is 3. The number of nitrogens with zero attached hydrogens (tertiary/aromatic N) is 4. The highest BCUT2D eigenvalue weighted by Gasteiger charge is 2.28. The summed E-state index contributed by atoms with van der Waals surface area (Å²) in [5, 5.41) is 16.0. The Morgan fingerprint density at radius 3 is 2.31 bits per heavy atom. The summed E-state index contributed by atoms with van der Waals surface area (Å²) in [6, 6.07) is 1.25. The van der Waals surface area contributed by atoms with Gasteiger partial charge in [0.25, 0.3) is 0 Å². The number of Topliss-reactive ketones (excluding diaryl/α,β-unsaturated/α-hetero) is 1. The fourth-order valence-corrected chi connectivity index (χ4v) is 5.31. The molecule has 2 aliphatic carbocycles. The molecule has 2 aromatic heterocycles. The van der Waals surface area contributed by atoms with Gasteiger partial charge in [0.1, 0.15) is 22.8 Å². The number of rotatable bonds is 6. The Bertz CT molecular complexity index is 1240. The second kappa shape index (κ2) is 10.0. The third-order valence-corrected chi connectivity index (χ3v) is 7.34. The number of carbonyl (C=O) groups is 1. The Kier molecular flexibility index (Phi) is 6.83. The normalized spacial score (nSPS) is 24.6. The van der Waals surface area contributed by atoms with Crippen LogP contribution in [0, 0.1) is 23.4 Å². The Labute approximate surface area is 206 Å². The molecule has 0 atom stereocenters. The van der Waals surface area contributed by atoms with E-state index < -0.39 is 29.2 Å². The van der Waals surface area contributed by atoms with Gasteiger partial charge in [-0.05, 0) is 58.3 Å². The molecule has 0 spiro atoms. The summed E-state index contributed by atoms with van der Waals surface area (Å²) in [5.41, 5.74) is 0.437. The van der Waals surface area contributed by atoms with Gasteiger partial charge in [0, 0.05) is 30.1 Å². The van der Waals surface area contributed by atoms with Crippen LogP contribution in [0.1, 0.15) is 64.3 Å². The molecule has 2 saturated carbocycles. The summed E-state index contributed by atoms with van der Waals surface area (Å²) in [6.45, 7) is 1.64. The first-order valence-electron chi connectivity index (χ1n) is 12.4. The van der Waals surface area contributed by atoms with Crippen LogP contribution in [0.15, 0.2) is 18.3 Å². The monoisotopic (exact) mass is 502 g/mol. The van der Waals surface area contributed by atoms with Crippen LogP contribution in [0.4, 0.5) is 30.8 Å². The summed E-state index contributed by atoms with van der Waals surface area (Å²) in [4.78, 5) is 25.3. The minimum Gasteiger partial charge on any atom is -0.393 e. The average molecular weight is 503 g/mol. The predicted octanol–water partition coefficient (Wildman–Crippen LogP) is 5.02. The molecular formula is C25H29F3N6O2. The predicted molar refractivity (Wildman–Crippen MR) is 128 cm³/mol. The van der Waals surface area contributed by atoms with Crippen LogP contribution >= 0.6 is 0 Å². The van der Waals surface area contributed by atoms with Crippen molar-refractivity contribution in [3.63, 3.8) is 0 Å². The molecule has 3 aromatic rings. The van der Waals surface area contributed by atoms with Gasteiger partial charge in [0.05, 0.1) is 12.3 Å². The number of aromatic nitrogens is 4. The summed E-state index contributed by atoms with van der Waals surface area (Å²) < 4.78 is 44.0. The number of nitrogens with one attached hydrogen (secondary N) is 2. The van der Waals surface area contributed by atoms with E-state index in [1.807, 2.05) is 0 Å². The van der Waals surface area contributed by atoms with Crippen LogP contribution in [0.5, 0.6) is 0 Å². The number of carbonyl (C=O) groups excluding carboxylic acids is 1. The summed E-state index contributed by atoms with van der Waals surface area (Å²) in [7, 11) is 0. The van der Waals surface area contributed by atoms with E-state index in [1.54, 1.807) is 17.7 Å². The fourth-order valence-electron chi connectivity index (χ4n) is 5.31. The second-order valence-corrected chi connectivity index (χ2v) is 9.84. The highest BCUT2D eigenvalue weighted by atomic mass is 19.1. The zero-order valence-electron chi connectivity index (χ0n) is 20.0. The number of anilines is 3. The van der Waals surface area contributed by atoms with Crippen molar-refractivity contribution in [3.05, 3.63) is 35.8 Å². The molecule has 5 rings (SSSR count). The zero-order chi connectivity index (χ0) is 25.4. The number of imidazole rings is 1. The first-order chi connectivity index (χ1) is 17.3. The second-order valence-electron chi connectivity index (χ2n) is 9.84. The van der Waals surface area contributed by atoms with Gasteiger partial charge in [-0.3, -0.25) is 9.36 Å². The number of fused-ring (bicyclic) bond motifs is 1. The van der Waals surface area contributed by atoms with Crippen molar-refractivity contribution in [1.82, 2.24) is 19.5 Å². The maximum atomic E-state index is 14.4. The Morgan fingerprint density at radius 2 is 1.67 bits per heavy atom. The molecule has 3 N–H and O–H groups in total. The van der Waals surface area contributed by atoms with Gasteiger partial charge in [-0.2, -0.15) is 4.98 Å². The molecule has 192 valence electrons. The lowest BCUT2D eigenvalue weighted by Gasteiger charge is -2.28. The van der Waals surface area contributed by atoms with E-state index in [9.17, 15) is 23.1 Å². The molecule has 2 fully saturated rings. The largest absolute Gasteiger partial charge is 0.393 e. The van der Waals surface area contributed by atoms with E-state index in [0.717, 1.165) is 25.7 Å². The minimum atomic E-state index is -1.07. The summed E-state index contributed by atoms with van der Waals surface area (Å²) in [6.07, 6.45) is 6.91. The molecule has 0 amide bonds. The highest BCUT2D eigenvalue weighted by molar-refractivity contribution is 5.78. The smallest absolute Gasteiger partial charge is 0.224 e. The van der Waals surface area contributed by atoms with Crippen molar-refractivity contribution in [1.29, 1.82) is 0 Å². The molecule has 11 heteroatoms. The van der Waals surface area contributed by atoms with Crippen LogP contribution in [-0.4, -0.2) is 42.6 Å². The van der Waals surface area contributed by atoms with Crippen molar-refractivity contribution >= 4 is 34.5 Å². The zero-order valence-corrected chi connectivity index (χ0v) is 20.0. The van der Waals surface area contributed by atoms with Crippen molar-refractivity contribution in [3.8, 4) is 0 Å². The molecule has 0 bridgehead atoms. The molecular weight excluding hydrogens is 473 g/mol. The molecule has 1 aromatic carbocycles. The Morgan fingerprint density at radius 1 is 1.00 bits per heavy atom. The molecule has 0 radical (unpaired) electrons. The highest BCUT2D eigenvalue weighted by Crippen LogP contribution is 2.36. The number of halogens is 3. The number of aliphatic hydroxyl groups excluding tert-OH is 1. The SMILES string of the molecule is CC(=O)[C@H]1CC[C@H](Nc2ncc3nc(Nc4c(F)cc(F)cc4F)n([C@H]4CC[C@@H](O)CC4)c3n2)CC1. The lowest BCUT2D eigenvalue weighted by Crippen LogP contribution is -2.29. The maximum absolute atomic E-state index is 14.4. The first kappa shape index (κ1) is 24.5. The van der Waals surface area contributed by atoms with Crippen LogP contribution in [-0.2, 0) is 4.79 Å². The lowest BCUT2D eigenvalue weighted by molar-refractivity contribution is -0.121. The number of benzene rings is 1. The van der Waals surface area contributed by atoms with Crippen LogP contribution < -0.4 is 10.6 Å². The average Bonchev–Trinajstić information content (AvgIpc) is 3.19. The molecule has 0 unspecified atom stereocenters. The molecule has 2 aliphatic rings. The van der Waals surface area contributed by atoms with E-state index in [0.29, 0.717) is 54.9 Å². The Balaban J connectivity index is 1.47. The van der Waals surface area contributed by atoms with Crippen molar-refractivity contribution < 1.29 is 23.1 Å². The fraction of sp³-hybridized carbons (Fsp3) is 0.520. The van der Waals surface area contributed by atoms with E-state index in [4.69, 9.17) is 4.98 Å². The quantitative estimate of drug-likeness (QED) is 0.435. The van der Waals surface area contributed by atoms with Gasteiger partial charge in [-0.25, -0.2) is 23.1 Å². The van der Waals surface area contributed by atoms with Gasteiger partial charge in [0.15, 0.2) is 17.3 Å². The van der Waals surface area contributed by atoms with Crippen molar-refractivity contribution in [2.45, 2.75) is 76.5 Å². The summed E-state index contributed by atoms with van der Waals surface area (Å²) in [5.74, 6) is -2.23. The summed E-state index contributed by atoms with van der Waals surface area (Å²) >= 11 is 0. The van der Waals surface area contributed by atoms with Gasteiger partial charge < -0.3 is 15.7 Å². The van der Waals surface area contributed by atoms with Crippen LogP contribution in [0.2, 0.25) is 0 Å². The van der Waals surface area contributed by atoms with Crippen molar-refractivity contribution in [2.24, 2.45) is 5.92 Å². The van der Waals surface area contributed by atoms with E-state index in [-0.39, 0.29) is 29.7 Å². The lowest BCUT2D eigenvalue weighted by atomic mass is 9.84. The molecule has 0 aliphatic heterocycles. The number of hydrogen-bond acceptors (Lipinski definition) is 7. The maximum Gasteiger partial charge on any atom is 0.224 e. The molecule has 2 heterocycles. The van der Waals surface area contributed by atoms with E-state index >= 15 is 0 Å². The first-order valence-corrected chi connectivity index (χ1v) is 12.4. The third-order valence-electron chi connectivity index (χ3n) is 7.34. The van der Waals surface area contributed by atoms with Gasteiger partial charge in [0.2, 0.25) is 11.9 Å². The van der Waals surface area contributed by atoms with Crippen molar-refractivity contribution in [2.75, 3.05) is 10.6 Å². The van der Waals surface area contributed by atoms with Gasteiger partial charge in [-0.15, -0.1) is 0 Å². The third kappa shape index (κ3) is 5.02. The van der Waals surface area contributed by atoms with E-state index in [2.05, 4.69) is 20.6 Å². The van der Waals surface area contributed by atoms with Gasteiger partial charge >= 0.3 is 0 Å². The number of aliphatic hydroxyl groups is 1.